The Balaban J connectivity index is 1.71. The Kier molecular flexibility index (Phi) is 5.06. The molecule has 2 heterocycles. The third kappa shape index (κ3) is 3.78. The minimum Gasteiger partial charge on any atom is -0.348 e. The minimum absolute atomic E-state index is 0.102. The van der Waals surface area contributed by atoms with Crippen molar-refractivity contribution in [2.24, 2.45) is 5.92 Å². The van der Waals surface area contributed by atoms with Crippen molar-refractivity contribution in [2.45, 2.75) is 13.2 Å². The summed E-state index contributed by atoms with van der Waals surface area (Å²) in [7, 11) is 0. The maximum absolute atomic E-state index is 13.5. The second-order valence-electron chi connectivity index (χ2n) is 5.39. The van der Waals surface area contributed by atoms with E-state index in [9.17, 15) is 4.39 Å². The molecular weight excluding hydrogens is 317 g/mol. The molecule has 0 bridgehead atoms. The lowest BCUT2D eigenvalue weighted by atomic mass is 10.1. The molecule has 1 aromatic carbocycles. The second kappa shape index (κ2) is 7.21. The van der Waals surface area contributed by atoms with E-state index in [1.807, 2.05) is 25.1 Å². The molecule has 1 fully saturated rings. The highest BCUT2D eigenvalue weighted by Gasteiger charge is 2.22. The Morgan fingerprint density at radius 3 is 2.61 bits per heavy atom. The largest absolute Gasteiger partial charge is 0.348 e. The zero-order valence-corrected chi connectivity index (χ0v) is 13.5. The second-order valence-corrected chi connectivity index (χ2v) is 5.80. The third-order valence-electron chi connectivity index (χ3n) is 3.66. The van der Waals surface area contributed by atoms with E-state index in [1.54, 1.807) is 12.3 Å². The van der Waals surface area contributed by atoms with Crippen LogP contribution in [0.3, 0.4) is 0 Å². The summed E-state index contributed by atoms with van der Waals surface area (Å²) >= 11 is 5.70. The number of pyridine rings is 1. The van der Waals surface area contributed by atoms with Gasteiger partial charge in [-0.2, -0.15) is 0 Å². The third-order valence-corrected chi connectivity index (χ3v) is 3.97. The summed E-state index contributed by atoms with van der Waals surface area (Å²) in [6.07, 6.45) is 5.37. The summed E-state index contributed by atoms with van der Waals surface area (Å²) in [5, 5.41) is 0.102. The lowest BCUT2D eigenvalue weighted by Gasteiger charge is -2.28. The van der Waals surface area contributed by atoms with Gasteiger partial charge in [0.1, 0.15) is 5.82 Å². The number of allylic oxidation sites excluding steroid dienone is 1. The Morgan fingerprint density at radius 1 is 1.22 bits per heavy atom. The molecule has 0 spiro atoms. The van der Waals surface area contributed by atoms with Gasteiger partial charge in [0.25, 0.3) is 0 Å². The molecule has 3 nitrogen and oxygen atoms in total. The smallest absolute Gasteiger partial charge is 0.185 e. The summed E-state index contributed by atoms with van der Waals surface area (Å²) < 4.78 is 25.0. The van der Waals surface area contributed by atoms with Gasteiger partial charge in [0.15, 0.2) is 6.29 Å². The highest BCUT2D eigenvalue weighted by molar-refractivity contribution is 6.30. The van der Waals surface area contributed by atoms with Crippen molar-refractivity contribution in [3.63, 3.8) is 0 Å². The molecule has 1 saturated heterocycles. The van der Waals surface area contributed by atoms with Crippen molar-refractivity contribution in [1.82, 2.24) is 4.98 Å². The summed E-state index contributed by atoms with van der Waals surface area (Å²) in [6.45, 7) is 3.23. The van der Waals surface area contributed by atoms with Crippen molar-refractivity contribution in [2.75, 3.05) is 13.2 Å². The highest BCUT2D eigenvalue weighted by Crippen LogP contribution is 2.27. The van der Waals surface area contributed by atoms with Crippen molar-refractivity contribution in [1.29, 1.82) is 0 Å². The fourth-order valence-electron chi connectivity index (χ4n) is 2.46. The Labute approximate surface area is 139 Å². The van der Waals surface area contributed by atoms with Crippen LogP contribution in [-0.4, -0.2) is 18.2 Å². The van der Waals surface area contributed by atoms with E-state index in [-0.39, 0.29) is 5.02 Å². The fourth-order valence-corrected chi connectivity index (χ4v) is 2.58. The van der Waals surface area contributed by atoms with Gasteiger partial charge in [-0.15, -0.1) is 0 Å². The number of rotatable bonds is 3. The number of ether oxygens (including phenoxy) is 2. The van der Waals surface area contributed by atoms with Crippen LogP contribution in [0.1, 0.15) is 18.8 Å². The van der Waals surface area contributed by atoms with Gasteiger partial charge in [-0.25, -0.2) is 4.39 Å². The lowest BCUT2D eigenvalue weighted by Crippen LogP contribution is -2.25. The molecule has 0 saturated carbocycles. The maximum Gasteiger partial charge on any atom is 0.185 e. The maximum atomic E-state index is 13.5. The number of halogens is 2. The number of hydrogen-bond acceptors (Lipinski definition) is 3. The van der Waals surface area contributed by atoms with Crippen LogP contribution in [0, 0.1) is 11.7 Å². The van der Waals surface area contributed by atoms with Crippen LogP contribution in [0.2, 0.25) is 5.02 Å². The quantitative estimate of drug-likeness (QED) is 0.757. The van der Waals surface area contributed by atoms with E-state index < -0.39 is 12.1 Å². The molecule has 1 aromatic heterocycles. The van der Waals surface area contributed by atoms with Crippen molar-refractivity contribution >= 4 is 11.6 Å². The zero-order valence-electron chi connectivity index (χ0n) is 12.7. The van der Waals surface area contributed by atoms with Crippen LogP contribution in [0.4, 0.5) is 4.39 Å². The number of hydrogen-bond donors (Lipinski definition) is 0. The molecule has 0 radical (unpaired) electrons. The molecule has 0 N–H and O–H groups in total. The Morgan fingerprint density at radius 2 is 2.00 bits per heavy atom. The fraction of sp³-hybridized carbons (Fsp3) is 0.278. The van der Waals surface area contributed by atoms with Gasteiger partial charge in [-0.05, 0) is 25.1 Å². The van der Waals surface area contributed by atoms with Gasteiger partial charge in [-0.3, -0.25) is 4.98 Å². The van der Waals surface area contributed by atoms with Crippen LogP contribution >= 0.6 is 11.6 Å². The van der Waals surface area contributed by atoms with Gasteiger partial charge in [0.2, 0.25) is 0 Å². The molecule has 1 aliphatic heterocycles. The molecule has 2 aromatic rings. The Hall–Kier alpha value is -1.75. The predicted molar refractivity (Wildman–Crippen MR) is 87.6 cm³/mol. The molecule has 23 heavy (non-hydrogen) atoms. The van der Waals surface area contributed by atoms with E-state index >= 15 is 0 Å². The van der Waals surface area contributed by atoms with Crippen LogP contribution in [0.15, 0.2) is 48.7 Å². The molecule has 1 aliphatic rings. The number of benzene rings is 1. The normalized spacial score (nSPS) is 21.7. The molecule has 0 aliphatic carbocycles. The van der Waals surface area contributed by atoms with Gasteiger partial charge in [0, 0.05) is 23.2 Å². The summed E-state index contributed by atoms with van der Waals surface area (Å²) in [4.78, 5) is 4.37. The predicted octanol–water partition coefficient (Wildman–Crippen LogP) is 4.78. The first-order valence-corrected chi connectivity index (χ1v) is 7.82. The first-order chi connectivity index (χ1) is 11.2. The molecule has 0 unspecified atom stereocenters. The molecule has 0 atom stereocenters. The molecule has 120 valence electrons. The van der Waals surface area contributed by atoms with E-state index in [4.69, 9.17) is 21.1 Å². The van der Waals surface area contributed by atoms with Crippen LogP contribution in [0.5, 0.6) is 0 Å². The van der Waals surface area contributed by atoms with Crippen molar-refractivity contribution in [3.8, 4) is 11.3 Å². The van der Waals surface area contributed by atoms with Crippen molar-refractivity contribution in [3.05, 3.63) is 65.1 Å². The van der Waals surface area contributed by atoms with E-state index in [2.05, 4.69) is 11.1 Å². The first kappa shape index (κ1) is 16.1. The molecule has 5 heteroatoms. The van der Waals surface area contributed by atoms with Crippen molar-refractivity contribution < 1.29 is 13.9 Å². The van der Waals surface area contributed by atoms with Gasteiger partial charge < -0.3 is 9.47 Å². The molecule has 0 amide bonds. The topological polar surface area (TPSA) is 31.4 Å². The Bertz CT molecular complexity index is 695. The molecule has 3 rings (SSSR count). The minimum atomic E-state index is -0.455. The van der Waals surface area contributed by atoms with E-state index in [1.165, 1.54) is 12.1 Å². The standard InChI is InChI=1S/C18H17ClFNO2/c1-2-3-12-10-22-18(23-11-12)14-5-7-17(21-9-14)13-4-6-15(19)16(20)8-13/h2-9,12,18H,10-11H2,1H3/b3-2+. The summed E-state index contributed by atoms with van der Waals surface area (Å²) in [6, 6.07) is 8.34. The number of aromatic nitrogens is 1. The average molecular weight is 334 g/mol. The number of nitrogens with zero attached hydrogens (tertiary/aromatic N) is 1. The molecular formula is C18H17ClFNO2. The zero-order chi connectivity index (χ0) is 16.2. The summed E-state index contributed by atoms with van der Waals surface area (Å²) in [5.74, 6) is -0.162. The van der Waals surface area contributed by atoms with Crippen LogP contribution in [-0.2, 0) is 9.47 Å². The van der Waals surface area contributed by atoms with E-state index in [0.29, 0.717) is 30.4 Å². The van der Waals surface area contributed by atoms with Crippen LogP contribution < -0.4 is 0 Å². The highest BCUT2D eigenvalue weighted by atomic mass is 35.5. The average Bonchev–Trinajstić information content (AvgIpc) is 2.59. The van der Waals surface area contributed by atoms with Gasteiger partial charge in [0.05, 0.1) is 23.9 Å². The van der Waals surface area contributed by atoms with Gasteiger partial charge in [-0.1, -0.05) is 35.9 Å². The van der Waals surface area contributed by atoms with Crippen LogP contribution in [0.25, 0.3) is 11.3 Å². The first-order valence-electron chi connectivity index (χ1n) is 7.45. The van der Waals surface area contributed by atoms with E-state index in [0.717, 1.165) is 5.56 Å². The summed E-state index contributed by atoms with van der Waals surface area (Å²) in [5.41, 5.74) is 2.20. The monoisotopic (exact) mass is 333 g/mol. The SMILES string of the molecule is C/C=C/C1COC(c2ccc(-c3ccc(Cl)c(F)c3)nc2)OC1. The lowest BCUT2D eigenvalue weighted by molar-refractivity contribution is -0.197. The van der Waals surface area contributed by atoms with Gasteiger partial charge >= 0.3 is 0 Å².